The van der Waals surface area contributed by atoms with Crippen molar-refractivity contribution >= 4 is 6.09 Å². The number of carbonyl (C=O) groups is 1. The Labute approximate surface area is 137 Å². The molecule has 0 aromatic rings. The molecule has 0 bridgehead atoms. The van der Waals surface area contributed by atoms with Crippen LogP contribution >= 0.6 is 0 Å². The van der Waals surface area contributed by atoms with E-state index >= 15 is 0 Å². The van der Waals surface area contributed by atoms with Crippen LogP contribution in [-0.2, 0) is 4.74 Å². The summed E-state index contributed by atoms with van der Waals surface area (Å²) in [7, 11) is 0. The first-order chi connectivity index (χ1) is 10.5. The molecule has 0 radical (unpaired) electrons. The largest absolute Gasteiger partial charge is 0.444 e. The lowest BCUT2D eigenvalue weighted by molar-refractivity contribution is 0.0534. The molecule has 1 N–H and O–H groups in total. The summed E-state index contributed by atoms with van der Waals surface area (Å²) in [5, 5.41) is 2.69. The Balaban J connectivity index is 3.44. The molecule has 0 saturated heterocycles. The average molecular weight is 309 g/mol. The summed E-state index contributed by atoms with van der Waals surface area (Å²) in [5.74, 6) is 0. The quantitative estimate of drug-likeness (QED) is 0.389. The minimum Gasteiger partial charge on any atom is -0.444 e. The number of amides is 1. The molecule has 128 valence electrons. The van der Waals surface area contributed by atoms with Gasteiger partial charge in [0.15, 0.2) is 0 Å². The zero-order valence-corrected chi connectivity index (χ0v) is 15.0. The van der Waals surface area contributed by atoms with Crippen LogP contribution in [0.4, 0.5) is 4.79 Å². The molecule has 0 atom stereocenters. The number of carbonyl (C=O) groups excluding carboxylic acids is 1. The molecule has 0 aliphatic heterocycles. The summed E-state index contributed by atoms with van der Waals surface area (Å²) in [6.45, 7) is 8.32. The molecule has 0 saturated carbocycles. The van der Waals surface area contributed by atoms with Crippen molar-refractivity contribution in [2.24, 2.45) is 0 Å². The van der Waals surface area contributed by atoms with Gasteiger partial charge >= 0.3 is 6.09 Å². The molecule has 0 aromatic heterocycles. The third-order valence-corrected chi connectivity index (χ3v) is 3.12. The third kappa shape index (κ3) is 16.8. The third-order valence-electron chi connectivity index (χ3n) is 3.12. The molecule has 0 spiro atoms. The van der Waals surface area contributed by atoms with Gasteiger partial charge in [-0.05, 0) is 33.6 Å². The Kier molecular flexibility index (Phi) is 12.7. The van der Waals surface area contributed by atoms with E-state index in [4.69, 9.17) is 4.74 Å². The number of rotatable bonds is 11. The lowest BCUT2D eigenvalue weighted by Gasteiger charge is -2.19. The highest BCUT2D eigenvalue weighted by Crippen LogP contribution is 2.08. The van der Waals surface area contributed by atoms with E-state index in [1.165, 1.54) is 44.9 Å². The number of hydrogen-bond donors (Lipinski definition) is 1. The van der Waals surface area contributed by atoms with Gasteiger partial charge in [-0.1, -0.05) is 69.8 Å². The van der Waals surface area contributed by atoms with Gasteiger partial charge in [-0.15, -0.1) is 0 Å². The topological polar surface area (TPSA) is 38.3 Å². The fraction of sp³-hybridized carbons (Fsp3) is 0.737. The van der Waals surface area contributed by atoms with Gasteiger partial charge in [0.2, 0.25) is 0 Å². The van der Waals surface area contributed by atoms with Gasteiger partial charge in [-0.2, -0.15) is 0 Å². The summed E-state index contributed by atoms with van der Waals surface area (Å²) >= 11 is 0. The van der Waals surface area contributed by atoms with Crippen LogP contribution in [0.1, 0.15) is 79.1 Å². The molecular weight excluding hydrogens is 274 g/mol. The smallest absolute Gasteiger partial charge is 0.407 e. The zero-order chi connectivity index (χ0) is 16.7. The molecular formula is C19H35NO2. The van der Waals surface area contributed by atoms with Crippen LogP contribution in [0.5, 0.6) is 0 Å². The number of allylic oxidation sites excluding steroid dienone is 3. The molecule has 0 aliphatic rings. The maximum atomic E-state index is 11.4. The van der Waals surface area contributed by atoms with Crippen molar-refractivity contribution in [1.82, 2.24) is 5.32 Å². The van der Waals surface area contributed by atoms with Gasteiger partial charge in [0, 0.05) is 6.54 Å². The number of unbranched alkanes of at least 4 members (excludes halogenated alkanes) is 7. The van der Waals surface area contributed by atoms with Crippen molar-refractivity contribution in [3.8, 4) is 0 Å². The summed E-state index contributed by atoms with van der Waals surface area (Å²) < 4.78 is 5.14. The normalized spacial score (nSPS) is 12.2. The first-order valence-electron chi connectivity index (χ1n) is 8.74. The van der Waals surface area contributed by atoms with E-state index in [0.29, 0.717) is 6.54 Å². The molecule has 0 fully saturated rings. The van der Waals surface area contributed by atoms with Gasteiger partial charge < -0.3 is 10.1 Å². The van der Waals surface area contributed by atoms with Crippen LogP contribution in [0.15, 0.2) is 24.3 Å². The van der Waals surface area contributed by atoms with Crippen LogP contribution in [0.2, 0.25) is 0 Å². The Morgan fingerprint density at radius 2 is 1.55 bits per heavy atom. The van der Waals surface area contributed by atoms with E-state index in [2.05, 4.69) is 18.3 Å². The van der Waals surface area contributed by atoms with Crippen molar-refractivity contribution in [2.75, 3.05) is 6.54 Å². The van der Waals surface area contributed by atoms with E-state index < -0.39 is 5.60 Å². The van der Waals surface area contributed by atoms with Gasteiger partial charge in [0.05, 0.1) is 0 Å². The molecule has 0 rings (SSSR count). The van der Waals surface area contributed by atoms with Gasteiger partial charge in [0.25, 0.3) is 0 Å². The minimum atomic E-state index is -0.440. The predicted octanol–water partition coefficient (Wildman–Crippen LogP) is 5.76. The monoisotopic (exact) mass is 309 g/mol. The number of hydrogen-bond acceptors (Lipinski definition) is 2. The van der Waals surface area contributed by atoms with Crippen LogP contribution in [0, 0.1) is 0 Å². The second kappa shape index (κ2) is 13.4. The molecule has 0 unspecified atom stereocenters. The van der Waals surface area contributed by atoms with E-state index in [9.17, 15) is 4.79 Å². The van der Waals surface area contributed by atoms with Crippen molar-refractivity contribution in [3.05, 3.63) is 24.3 Å². The van der Waals surface area contributed by atoms with Crippen LogP contribution in [0.3, 0.4) is 0 Å². The Morgan fingerprint density at radius 1 is 0.955 bits per heavy atom. The highest BCUT2D eigenvalue weighted by atomic mass is 16.6. The van der Waals surface area contributed by atoms with E-state index in [0.717, 1.165) is 6.42 Å². The molecule has 3 nitrogen and oxygen atoms in total. The molecule has 0 heterocycles. The van der Waals surface area contributed by atoms with Gasteiger partial charge in [-0.25, -0.2) is 4.79 Å². The molecule has 0 aliphatic carbocycles. The maximum Gasteiger partial charge on any atom is 0.407 e. The molecule has 22 heavy (non-hydrogen) atoms. The molecule has 3 heteroatoms. The second-order valence-corrected chi connectivity index (χ2v) is 6.65. The SMILES string of the molecule is CCCCCCCCC/C=C/C=C/CNC(=O)OC(C)(C)C. The maximum absolute atomic E-state index is 11.4. The van der Waals surface area contributed by atoms with Crippen LogP contribution in [0.25, 0.3) is 0 Å². The highest BCUT2D eigenvalue weighted by molar-refractivity contribution is 5.67. The van der Waals surface area contributed by atoms with Crippen LogP contribution < -0.4 is 5.32 Å². The lowest BCUT2D eigenvalue weighted by atomic mass is 10.1. The fourth-order valence-corrected chi connectivity index (χ4v) is 2.00. The van der Waals surface area contributed by atoms with Crippen molar-refractivity contribution in [3.63, 3.8) is 0 Å². The van der Waals surface area contributed by atoms with Crippen molar-refractivity contribution in [2.45, 2.75) is 84.7 Å². The van der Waals surface area contributed by atoms with Crippen molar-refractivity contribution < 1.29 is 9.53 Å². The Morgan fingerprint density at radius 3 is 2.18 bits per heavy atom. The summed E-state index contributed by atoms with van der Waals surface area (Å²) in [6.07, 6.45) is 18.3. The highest BCUT2D eigenvalue weighted by Gasteiger charge is 2.14. The Bertz CT molecular complexity index is 327. The molecule has 1 amide bonds. The lowest BCUT2D eigenvalue weighted by Crippen LogP contribution is -2.32. The second-order valence-electron chi connectivity index (χ2n) is 6.65. The van der Waals surface area contributed by atoms with Gasteiger partial charge in [0.1, 0.15) is 5.60 Å². The molecule has 0 aromatic carbocycles. The van der Waals surface area contributed by atoms with E-state index in [1.807, 2.05) is 39.0 Å². The summed E-state index contributed by atoms with van der Waals surface area (Å²) in [5.41, 5.74) is -0.440. The first-order valence-corrected chi connectivity index (χ1v) is 8.74. The minimum absolute atomic E-state index is 0.371. The average Bonchev–Trinajstić information content (AvgIpc) is 2.42. The van der Waals surface area contributed by atoms with E-state index in [1.54, 1.807) is 0 Å². The number of ether oxygens (including phenoxy) is 1. The summed E-state index contributed by atoms with van der Waals surface area (Å²) in [6, 6.07) is 0. The first kappa shape index (κ1) is 20.8. The van der Waals surface area contributed by atoms with E-state index in [-0.39, 0.29) is 6.09 Å². The van der Waals surface area contributed by atoms with Crippen molar-refractivity contribution in [1.29, 1.82) is 0 Å². The predicted molar refractivity (Wildman–Crippen MR) is 95.1 cm³/mol. The van der Waals surface area contributed by atoms with Crippen LogP contribution in [-0.4, -0.2) is 18.2 Å². The number of nitrogens with one attached hydrogen (secondary N) is 1. The zero-order valence-electron chi connectivity index (χ0n) is 15.0. The fourth-order valence-electron chi connectivity index (χ4n) is 2.00. The number of alkyl carbamates (subject to hydrolysis) is 1. The Hall–Kier alpha value is -1.25. The van der Waals surface area contributed by atoms with Gasteiger partial charge in [-0.3, -0.25) is 0 Å². The summed E-state index contributed by atoms with van der Waals surface area (Å²) in [4.78, 5) is 11.4. The standard InChI is InChI=1S/C19H35NO2/c1-5-6-7-8-9-10-11-12-13-14-15-16-17-20-18(21)22-19(2,3)4/h13-16H,5-12,17H2,1-4H3,(H,20,21)/b14-13+,16-15+.